The SMILES string of the molecule is c1ccc(Cn2nnnc2[C@H](c2ccncc2)N2CCOCC2)cc1. The number of benzene rings is 1. The number of pyridine rings is 1. The highest BCUT2D eigenvalue weighted by Crippen LogP contribution is 2.27. The van der Waals surface area contributed by atoms with Gasteiger partial charge in [0.05, 0.1) is 25.8 Å². The Morgan fingerprint density at radius 1 is 1.00 bits per heavy atom. The fourth-order valence-electron chi connectivity index (χ4n) is 3.18. The number of hydrogen-bond acceptors (Lipinski definition) is 6. The van der Waals surface area contributed by atoms with Crippen LogP contribution in [0.15, 0.2) is 54.9 Å². The highest BCUT2D eigenvalue weighted by atomic mass is 16.5. The number of morpholine rings is 1. The van der Waals surface area contributed by atoms with E-state index in [2.05, 4.69) is 37.5 Å². The van der Waals surface area contributed by atoms with Crippen molar-refractivity contribution in [1.82, 2.24) is 30.1 Å². The first kappa shape index (κ1) is 15.9. The van der Waals surface area contributed by atoms with Gasteiger partial charge in [-0.3, -0.25) is 9.88 Å². The van der Waals surface area contributed by atoms with Crippen LogP contribution < -0.4 is 0 Å². The summed E-state index contributed by atoms with van der Waals surface area (Å²) in [6, 6.07) is 14.3. The summed E-state index contributed by atoms with van der Waals surface area (Å²) in [5.41, 5.74) is 2.31. The van der Waals surface area contributed by atoms with Crippen LogP contribution in [0.1, 0.15) is 23.0 Å². The maximum absolute atomic E-state index is 5.52. The second-order valence-corrected chi connectivity index (χ2v) is 6.01. The summed E-state index contributed by atoms with van der Waals surface area (Å²) in [6.45, 7) is 3.80. The number of aromatic nitrogens is 5. The van der Waals surface area contributed by atoms with Crippen molar-refractivity contribution in [2.75, 3.05) is 26.3 Å². The van der Waals surface area contributed by atoms with Gasteiger partial charge in [-0.2, -0.15) is 0 Å². The van der Waals surface area contributed by atoms with E-state index in [-0.39, 0.29) is 6.04 Å². The van der Waals surface area contributed by atoms with Crippen molar-refractivity contribution in [3.8, 4) is 0 Å². The van der Waals surface area contributed by atoms with Gasteiger partial charge in [0.25, 0.3) is 0 Å². The minimum Gasteiger partial charge on any atom is -0.379 e. The standard InChI is InChI=1S/C18H20N6O/c1-2-4-15(5-3-1)14-24-18(20-21-22-24)17(16-6-8-19-9-7-16)23-10-12-25-13-11-23/h1-9,17H,10-14H2/t17-/m0/s1. The van der Waals surface area contributed by atoms with Crippen LogP contribution >= 0.6 is 0 Å². The van der Waals surface area contributed by atoms with Crippen LogP contribution in [-0.4, -0.2) is 56.4 Å². The van der Waals surface area contributed by atoms with Crippen molar-refractivity contribution in [2.24, 2.45) is 0 Å². The molecule has 0 saturated carbocycles. The molecule has 0 N–H and O–H groups in total. The second-order valence-electron chi connectivity index (χ2n) is 6.01. The molecule has 1 atom stereocenters. The molecule has 1 aliphatic heterocycles. The second kappa shape index (κ2) is 7.50. The molecule has 25 heavy (non-hydrogen) atoms. The van der Waals surface area contributed by atoms with Gasteiger partial charge in [-0.25, -0.2) is 4.68 Å². The molecule has 7 nitrogen and oxygen atoms in total. The van der Waals surface area contributed by atoms with Crippen molar-refractivity contribution in [3.63, 3.8) is 0 Å². The number of ether oxygens (including phenoxy) is 1. The zero-order valence-corrected chi connectivity index (χ0v) is 13.9. The van der Waals surface area contributed by atoms with Gasteiger partial charge in [0.15, 0.2) is 5.82 Å². The fourth-order valence-corrected chi connectivity index (χ4v) is 3.18. The van der Waals surface area contributed by atoms with Gasteiger partial charge >= 0.3 is 0 Å². The summed E-state index contributed by atoms with van der Waals surface area (Å²) in [5, 5.41) is 12.5. The van der Waals surface area contributed by atoms with E-state index in [9.17, 15) is 0 Å². The van der Waals surface area contributed by atoms with Crippen molar-refractivity contribution >= 4 is 0 Å². The third kappa shape index (κ3) is 3.57. The molecule has 0 amide bonds. The molecule has 0 unspecified atom stereocenters. The van der Waals surface area contributed by atoms with E-state index < -0.39 is 0 Å². The molecule has 1 aromatic carbocycles. The Hall–Kier alpha value is -2.64. The Labute approximate surface area is 146 Å². The van der Waals surface area contributed by atoms with E-state index in [0.717, 1.165) is 37.7 Å². The Balaban J connectivity index is 1.69. The van der Waals surface area contributed by atoms with Crippen LogP contribution in [0.3, 0.4) is 0 Å². The van der Waals surface area contributed by atoms with Gasteiger partial charge in [-0.05, 0) is 33.7 Å². The van der Waals surface area contributed by atoms with Gasteiger partial charge in [0.1, 0.15) is 0 Å². The molecular weight excluding hydrogens is 316 g/mol. The van der Waals surface area contributed by atoms with Crippen LogP contribution in [-0.2, 0) is 11.3 Å². The molecular formula is C18H20N6O. The number of tetrazole rings is 1. The predicted octanol–water partition coefficient (Wildman–Crippen LogP) is 1.54. The van der Waals surface area contributed by atoms with Gasteiger partial charge < -0.3 is 4.74 Å². The smallest absolute Gasteiger partial charge is 0.173 e. The monoisotopic (exact) mass is 336 g/mol. The zero-order chi connectivity index (χ0) is 16.9. The summed E-state index contributed by atoms with van der Waals surface area (Å²) >= 11 is 0. The molecule has 3 aromatic rings. The minimum absolute atomic E-state index is 0.00869. The number of hydrogen-bond donors (Lipinski definition) is 0. The fraction of sp³-hybridized carbons (Fsp3) is 0.333. The van der Waals surface area contributed by atoms with Gasteiger partial charge in [0, 0.05) is 25.5 Å². The first-order chi connectivity index (χ1) is 12.4. The highest BCUT2D eigenvalue weighted by Gasteiger charge is 2.29. The number of rotatable bonds is 5. The van der Waals surface area contributed by atoms with Gasteiger partial charge in [-0.15, -0.1) is 5.10 Å². The van der Waals surface area contributed by atoms with E-state index in [1.807, 2.05) is 47.4 Å². The zero-order valence-electron chi connectivity index (χ0n) is 13.9. The maximum atomic E-state index is 5.52. The van der Waals surface area contributed by atoms with E-state index in [1.165, 1.54) is 5.56 Å². The molecule has 1 saturated heterocycles. The van der Waals surface area contributed by atoms with Gasteiger partial charge in [0.2, 0.25) is 0 Å². The molecule has 1 aliphatic rings. The van der Waals surface area contributed by atoms with Crippen LogP contribution in [0.25, 0.3) is 0 Å². The lowest BCUT2D eigenvalue weighted by Crippen LogP contribution is -2.40. The Morgan fingerprint density at radius 3 is 2.52 bits per heavy atom. The minimum atomic E-state index is -0.00869. The summed E-state index contributed by atoms with van der Waals surface area (Å²) in [4.78, 5) is 6.51. The summed E-state index contributed by atoms with van der Waals surface area (Å²) in [7, 11) is 0. The predicted molar refractivity (Wildman–Crippen MR) is 91.8 cm³/mol. The normalized spacial score (nSPS) is 16.6. The van der Waals surface area contributed by atoms with Crippen LogP contribution in [0.2, 0.25) is 0 Å². The van der Waals surface area contributed by atoms with E-state index >= 15 is 0 Å². The largest absolute Gasteiger partial charge is 0.379 e. The first-order valence-electron chi connectivity index (χ1n) is 8.43. The summed E-state index contributed by atoms with van der Waals surface area (Å²) in [6.07, 6.45) is 3.63. The average molecular weight is 336 g/mol. The van der Waals surface area contributed by atoms with E-state index in [1.54, 1.807) is 0 Å². The lowest BCUT2D eigenvalue weighted by molar-refractivity contribution is 0.0216. The first-order valence-corrected chi connectivity index (χ1v) is 8.43. The topological polar surface area (TPSA) is 69.0 Å². The van der Waals surface area contributed by atoms with Crippen molar-refractivity contribution in [1.29, 1.82) is 0 Å². The van der Waals surface area contributed by atoms with E-state index in [0.29, 0.717) is 6.54 Å². The average Bonchev–Trinajstić information content (AvgIpc) is 3.12. The van der Waals surface area contributed by atoms with Crippen molar-refractivity contribution in [3.05, 3.63) is 71.8 Å². The van der Waals surface area contributed by atoms with Gasteiger partial charge in [-0.1, -0.05) is 30.3 Å². The third-order valence-electron chi connectivity index (χ3n) is 4.41. The Kier molecular flexibility index (Phi) is 4.76. The van der Waals surface area contributed by atoms with Crippen LogP contribution in [0, 0.1) is 0 Å². The third-order valence-corrected chi connectivity index (χ3v) is 4.41. The van der Waals surface area contributed by atoms with E-state index in [4.69, 9.17) is 4.74 Å². The highest BCUT2D eigenvalue weighted by molar-refractivity contribution is 5.23. The lowest BCUT2D eigenvalue weighted by atomic mass is 10.1. The molecule has 0 radical (unpaired) electrons. The Bertz CT molecular complexity index is 786. The summed E-state index contributed by atoms with van der Waals surface area (Å²) < 4.78 is 7.40. The number of nitrogens with zero attached hydrogens (tertiary/aromatic N) is 6. The molecule has 0 bridgehead atoms. The molecule has 0 aliphatic carbocycles. The Morgan fingerprint density at radius 2 is 1.76 bits per heavy atom. The summed E-state index contributed by atoms with van der Waals surface area (Å²) in [5.74, 6) is 0.844. The molecule has 4 rings (SSSR count). The van der Waals surface area contributed by atoms with Crippen molar-refractivity contribution < 1.29 is 4.74 Å². The maximum Gasteiger partial charge on any atom is 0.173 e. The lowest BCUT2D eigenvalue weighted by Gasteiger charge is -2.33. The molecule has 1 fully saturated rings. The van der Waals surface area contributed by atoms with Crippen molar-refractivity contribution in [2.45, 2.75) is 12.6 Å². The molecule has 2 aromatic heterocycles. The van der Waals surface area contributed by atoms with Crippen LogP contribution in [0.5, 0.6) is 0 Å². The van der Waals surface area contributed by atoms with Crippen LogP contribution in [0.4, 0.5) is 0 Å². The molecule has 0 spiro atoms. The molecule has 3 heterocycles. The molecule has 7 heteroatoms. The quantitative estimate of drug-likeness (QED) is 0.704. The molecule has 128 valence electrons.